The first-order chi connectivity index (χ1) is 11.3. The molecule has 6 nitrogen and oxygen atoms in total. The maximum Gasteiger partial charge on any atom is 0.434 e. The molecule has 1 aromatic heterocycles. The van der Waals surface area contributed by atoms with E-state index < -0.39 is 58.7 Å². The first kappa shape index (κ1) is 19.6. The lowest BCUT2D eigenvalue weighted by Crippen LogP contribution is -2.51. The highest BCUT2D eigenvalue weighted by atomic mass is 79.9. The Hall–Kier alpha value is -1.70. The number of carbonyl (C=O) groups excluding carboxylic acids is 1. The van der Waals surface area contributed by atoms with E-state index in [4.69, 9.17) is 0 Å². The molecule has 0 fully saturated rings. The Labute approximate surface area is 143 Å². The molecule has 1 atom stereocenters. The Morgan fingerprint density at radius 2 is 1.88 bits per heavy atom. The quantitative estimate of drug-likeness (QED) is 0.734. The summed E-state index contributed by atoms with van der Waals surface area (Å²) >= 11 is 2.49. The maximum absolute atomic E-state index is 13.1. The predicted octanol–water partition coefficient (Wildman–Crippen LogP) is 2.62. The van der Waals surface area contributed by atoms with Crippen molar-refractivity contribution in [3.05, 3.63) is 15.9 Å². The molecule has 0 saturated heterocycles. The van der Waals surface area contributed by atoms with Crippen molar-refractivity contribution in [1.29, 1.82) is 0 Å². The van der Waals surface area contributed by atoms with Crippen LogP contribution in [0.25, 0.3) is 0 Å². The molecule has 1 aliphatic rings. The molecule has 0 aliphatic carbocycles. The van der Waals surface area contributed by atoms with Gasteiger partial charge in [-0.3, -0.25) is 9.48 Å². The summed E-state index contributed by atoms with van der Waals surface area (Å²) in [5.41, 5.74) is -7.06. The topological polar surface area (TPSA) is 70.7 Å². The van der Waals surface area contributed by atoms with E-state index in [-0.39, 0.29) is 9.69 Å². The predicted molar refractivity (Wildman–Crippen MR) is 71.1 cm³/mol. The van der Waals surface area contributed by atoms with Gasteiger partial charge in [-0.2, -0.15) is 28.4 Å². The van der Waals surface area contributed by atoms with Crippen molar-refractivity contribution in [2.75, 3.05) is 0 Å². The van der Waals surface area contributed by atoms with Gasteiger partial charge in [0.05, 0.1) is 4.47 Å². The molecule has 0 saturated carbocycles. The van der Waals surface area contributed by atoms with E-state index in [2.05, 4.69) is 26.1 Å². The Bertz CT molecular complexity index is 733. The number of rotatable bonds is 3. The van der Waals surface area contributed by atoms with Crippen LogP contribution in [0.4, 0.5) is 30.7 Å². The average Bonchev–Trinajstić information content (AvgIpc) is 2.96. The second-order valence-corrected chi connectivity index (χ2v) is 5.79. The van der Waals surface area contributed by atoms with Crippen molar-refractivity contribution >= 4 is 27.5 Å². The minimum Gasteiger partial charge on any atom is -0.364 e. The third-order valence-corrected chi connectivity index (χ3v) is 4.04. The van der Waals surface area contributed by atoms with Gasteiger partial charge in [-0.15, -0.1) is 0 Å². The minimum absolute atomic E-state index is 0.257. The largest absolute Gasteiger partial charge is 0.434 e. The number of hydrogen-bond acceptors (Lipinski definition) is 4. The lowest BCUT2D eigenvalue weighted by molar-refractivity contribution is -0.164. The normalized spacial score (nSPS) is 21.4. The molecule has 0 unspecified atom stereocenters. The number of halogens is 8. The van der Waals surface area contributed by atoms with Crippen LogP contribution in [0.3, 0.4) is 0 Å². The summed E-state index contributed by atoms with van der Waals surface area (Å²) in [7, 11) is 0.835. The first-order valence-electron chi connectivity index (χ1n) is 6.31. The number of aromatic nitrogens is 2. The van der Waals surface area contributed by atoms with Gasteiger partial charge in [0.25, 0.3) is 18.8 Å². The zero-order chi connectivity index (χ0) is 19.3. The van der Waals surface area contributed by atoms with E-state index in [1.807, 2.05) is 0 Å². The van der Waals surface area contributed by atoms with Crippen LogP contribution in [0, 0.1) is 0 Å². The van der Waals surface area contributed by atoms with Gasteiger partial charge < -0.3 is 5.11 Å². The van der Waals surface area contributed by atoms with Crippen molar-refractivity contribution in [3.8, 4) is 0 Å². The highest BCUT2D eigenvalue weighted by Crippen LogP contribution is 2.39. The van der Waals surface area contributed by atoms with Crippen molar-refractivity contribution in [1.82, 2.24) is 14.8 Å². The number of carbonyl (C=O) groups is 1. The number of aliphatic hydroxyl groups is 1. The smallest absolute Gasteiger partial charge is 0.364 e. The molecule has 1 aromatic rings. The minimum atomic E-state index is -4.94. The number of aryl methyl sites for hydroxylation is 1. The van der Waals surface area contributed by atoms with Gasteiger partial charge >= 0.3 is 6.18 Å². The third kappa shape index (κ3) is 3.23. The van der Waals surface area contributed by atoms with E-state index >= 15 is 0 Å². The zero-order valence-electron chi connectivity index (χ0n) is 12.0. The highest BCUT2D eigenvalue weighted by molar-refractivity contribution is 9.10. The van der Waals surface area contributed by atoms with E-state index in [9.17, 15) is 40.6 Å². The van der Waals surface area contributed by atoms with Gasteiger partial charge in [0.15, 0.2) is 11.4 Å². The molecule has 0 radical (unpaired) electrons. The fourth-order valence-electron chi connectivity index (χ4n) is 2.15. The molecule has 14 heteroatoms. The molecule has 0 aromatic carbocycles. The number of hydrazone groups is 1. The average molecular weight is 441 g/mol. The molecule has 140 valence electrons. The van der Waals surface area contributed by atoms with Crippen LogP contribution < -0.4 is 0 Å². The second-order valence-electron chi connectivity index (χ2n) is 5.00. The Kier molecular flexibility index (Phi) is 4.89. The molecule has 2 rings (SSSR count). The lowest BCUT2D eigenvalue weighted by atomic mass is 10.1. The van der Waals surface area contributed by atoms with E-state index in [0.29, 0.717) is 0 Å². The van der Waals surface area contributed by atoms with Crippen LogP contribution in [0.1, 0.15) is 22.6 Å². The van der Waals surface area contributed by atoms with Gasteiger partial charge in [-0.25, -0.2) is 17.6 Å². The maximum atomic E-state index is 13.1. The summed E-state index contributed by atoms with van der Waals surface area (Å²) < 4.78 is 89.6. The Balaban J connectivity index is 2.52. The number of hydrogen-bond donors (Lipinski definition) is 1. The first-order valence-corrected chi connectivity index (χ1v) is 7.10. The van der Waals surface area contributed by atoms with Gasteiger partial charge in [0.1, 0.15) is 5.71 Å². The van der Waals surface area contributed by atoms with Crippen molar-refractivity contribution in [3.63, 3.8) is 0 Å². The fraction of sp³-hybridized carbons (Fsp3) is 0.545. The molecule has 0 spiro atoms. The van der Waals surface area contributed by atoms with Gasteiger partial charge in [-0.1, -0.05) is 0 Å². The van der Waals surface area contributed by atoms with Crippen LogP contribution in [0.5, 0.6) is 0 Å². The summed E-state index contributed by atoms with van der Waals surface area (Å²) in [4.78, 5) is 12.3. The van der Waals surface area contributed by atoms with E-state index in [1.165, 1.54) is 0 Å². The molecule has 1 N–H and O–H groups in total. The molecule has 0 bridgehead atoms. The Morgan fingerprint density at radius 3 is 2.28 bits per heavy atom. The van der Waals surface area contributed by atoms with Crippen LogP contribution in [0.2, 0.25) is 0 Å². The summed E-state index contributed by atoms with van der Waals surface area (Å²) in [6.45, 7) is 0. The molecule has 25 heavy (non-hydrogen) atoms. The molecule has 1 aliphatic heterocycles. The van der Waals surface area contributed by atoms with Crippen LogP contribution in [-0.4, -0.2) is 50.1 Å². The second kappa shape index (κ2) is 6.23. The number of alkyl halides is 7. The molecular weight excluding hydrogens is 433 g/mol. The zero-order valence-corrected chi connectivity index (χ0v) is 13.6. The fourth-order valence-corrected chi connectivity index (χ4v) is 2.88. The van der Waals surface area contributed by atoms with Crippen molar-refractivity contribution in [2.45, 2.75) is 31.2 Å². The summed E-state index contributed by atoms with van der Waals surface area (Å²) in [6.07, 6.45) is -13.4. The summed E-state index contributed by atoms with van der Waals surface area (Å²) in [5, 5.41) is 15.7. The van der Waals surface area contributed by atoms with Gasteiger partial charge in [-0.05, 0) is 15.9 Å². The summed E-state index contributed by atoms with van der Waals surface area (Å²) in [5.74, 6) is -1.70. The SMILES string of the molecule is Cn1nc(C(=O)N2N=C(C(F)F)C[C@@]2(O)C(F)F)c(Br)c1C(F)(F)F. The van der Waals surface area contributed by atoms with Crippen molar-refractivity contribution in [2.24, 2.45) is 12.1 Å². The number of nitrogens with zero attached hydrogens (tertiary/aromatic N) is 4. The molecule has 2 heterocycles. The lowest BCUT2D eigenvalue weighted by Gasteiger charge is -2.29. The van der Waals surface area contributed by atoms with Gasteiger partial charge in [0.2, 0.25) is 5.72 Å². The monoisotopic (exact) mass is 440 g/mol. The van der Waals surface area contributed by atoms with Crippen LogP contribution in [-0.2, 0) is 13.2 Å². The number of amides is 1. The van der Waals surface area contributed by atoms with Crippen molar-refractivity contribution < 1.29 is 40.6 Å². The van der Waals surface area contributed by atoms with Gasteiger partial charge in [0, 0.05) is 13.5 Å². The third-order valence-electron chi connectivity index (χ3n) is 3.29. The molecule has 1 amide bonds. The van der Waals surface area contributed by atoms with Crippen LogP contribution in [0.15, 0.2) is 9.57 Å². The van der Waals surface area contributed by atoms with Crippen LogP contribution >= 0.6 is 15.9 Å². The standard InChI is InChI=1S/C11H8BrF7N4O2/c1-22-6(11(17,18)19)4(12)5(21-22)8(24)23-10(25,9(15)16)2-3(20-23)7(13)14/h7,9,25H,2H2,1H3/t10-/m1/s1. The summed E-state index contributed by atoms with van der Waals surface area (Å²) in [6, 6.07) is 0. The van der Waals surface area contributed by atoms with E-state index in [0.717, 1.165) is 7.05 Å². The highest BCUT2D eigenvalue weighted by Gasteiger charge is 2.54. The Morgan fingerprint density at radius 1 is 1.32 bits per heavy atom. The molecular formula is C11H8BrF7N4O2. The van der Waals surface area contributed by atoms with E-state index in [1.54, 1.807) is 0 Å².